The van der Waals surface area contributed by atoms with Crippen molar-refractivity contribution in [3.63, 3.8) is 0 Å². The van der Waals surface area contributed by atoms with E-state index in [2.05, 4.69) is 0 Å². The van der Waals surface area contributed by atoms with Gasteiger partial charge in [-0.15, -0.1) is 0 Å². The van der Waals surface area contributed by atoms with Gasteiger partial charge in [-0.3, -0.25) is 0 Å². The molecule has 1 heterocycles. The summed E-state index contributed by atoms with van der Waals surface area (Å²) in [5.74, 6) is 0.249. The van der Waals surface area contributed by atoms with Crippen LogP contribution in [-0.2, 0) is 0 Å². The molecule has 2 aromatic rings. The van der Waals surface area contributed by atoms with E-state index in [1.54, 1.807) is 24.3 Å². The Labute approximate surface area is 90.2 Å². The highest BCUT2D eigenvalue weighted by atomic mass is 19.4. The van der Waals surface area contributed by atoms with Crippen molar-refractivity contribution in [3.8, 4) is 0 Å². The van der Waals surface area contributed by atoms with Crippen molar-refractivity contribution in [1.29, 1.82) is 0 Å². The van der Waals surface area contributed by atoms with E-state index < -0.39 is 6.18 Å². The van der Waals surface area contributed by atoms with E-state index >= 15 is 0 Å². The Hall–Kier alpha value is -1.71. The molecule has 0 amide bonds. The highest BCUT2D eigenvalue weighted by Crippen LogP contribution is 2.27. The first-order valence-corrected chi connectivity index (χ1v) is 4.71. The predicted molar refractivity (Wildman–Crippen MR) is 55.9 cm³/mol. The molecule has 0 spiro atoms. The van der Waals surface area contributed by atoms with E-state index in [-0.39, 0.29) is 17.4 Å². The zero-order valence-corrected chi connectivity index (χ0v) is 8.51. The van der Waals surface area contributed by atoms with Gasteiger partial charge < -0.3 is 4.42 Å². The maximum Gasteiger partial charge on any atom is 0.410 e. The summed E-state index contributed by atoms with van der Waals surface area (Å²) < 4.78 is 41.7. The minimum Gasteiger partial charge on any atom is -0.456 e. The van der Waals surface area contributed by atoms with Crippen LogP contribution < -0.4 is 0 Å². The van der Waals surface area contributed by atoms with Crippen molar-refractivity contribution in [1.82, 2.24) is 0 Å². The quantitative estimate of drug-likeness (QED) is 0.702. The summed E-state index contributed by atoms with van der Waals surface area (Å²) in [6.45, 7) is 1.38. The topological polar surface area (TPSA) is 13.1 Å². The summed E-state index contributed by atoms with van der Waals surface area (Å²) in [6.07, 6.45) is -4.08. The summed E-state index contributed by atoms with van der Waals surface area (Å²) >= 11 is 0. The van der Waals surface area contributed by atoms with Gasteiger partial charge in [-0.25, -0.2) is 0 Å². The van der Waals surface area contributed by atoms with Crippen molar-refractivity contribution in [2.75, 3.05) is 0 Å². The third kappa shape index (κ3) is 2.27. The van der Waals surface area contributed by atoms with Crippen LogP contribution in [-0.4, -0.2) is 6.18 Å². The number of alkyl halides is 3. The number of hydrogen-bond acceptors (Lipinski definition) is 1. The molecule has 0 atom stereocenters. The summed E-state index contributed by atoms with van der Waals surface area (Å²) in [6, 6.07) is 8.71. The van der Waals surface area contributed by atoms with E-state index in [1.807, 2.05) is 6.07 Å². The van der Waals surface area contributed by atoms with Crippen LogP contribution in [0.5, 0.6) is 0 Å². The molecule has 0 N–H and O–H groups in total. The van der Waals surface area contributed by atoms with Gasteiger partial charge in [-0.1, -0.05) is 18.2 Å². The van der Waals surface area contributed by atoms with Crippen LogP contribution in [0.3, 0.4) is 0 Å². The lowest BCUT2D eigenvalue weighted by molar-refractivity contribution is -0.0794. The number of allylic oxidation sites excluding steroid dienone is 2. The number of rotatable bonds is 1. The molecule has 84 valence electrons. The molecule has 1 aromatic carbocycles. The predicted octanol–water partition coefficient (Wildman–Crippen LogP) is 4.40. The van der Waals surface area contributed by atoms with E-state index in [0.29, 0.717) is 5.58 Å². The molecule has 0 saturated heterocycles. The second-order valence-electron chi connectivity index (χ2n) is 3.52. The fraction of sp³-hybridized carbons (Fsp3) is 0.167. The van der Waals surface area contributed by atoms with Gasteiger partial charge in [0.1, 0.15) is 11.3 Å². The van der Waals surface area contributed by atoms with Gasteiger partial charge in [0.25, 0.3) is 0 Å². The molecule has 0 bridgehead atoms. The number of fused-ring (bicyclic) bond motifs is 1. The molecule has 0 saturated carbocycles. The second-order valence-corrected chi connectivity index (χ2v) is 3.52. The first-order chi connectivity index (χ1) is 7.46. The fourth-order valence-corrected chi connectivity index (χ4v) is 1.49. The highest BCUT2D eigenvalue weighted by molar-refractivity contribution is 5.81. The van der Waals surface area contributed by atoms with Gasteiger partial charge in [0, 0.05) is 11.5 Å². The number of hydrogen-bond donors (Lipinski definition) is 0. The van der Waals surface area contributed by atoms with Crippen LogP contribution in [0.2, 0.25) is 0 Å². The molecule has 16 heavy (non-hydrogen) atoms. The van der Waals surface area contributed by atoms with Gasteiger partial charge >= 0.3 is 6.18 Å². The Morgan fingerprint density at radius 2 is 1.94 bits per heavy atom. The first kappa shape index (κ1) is 10.8. The van der Waals surface area contributed by atoms with Gasteiger partial charge in [0.05, 0.1) is 0 Å². The Kier molecular flexibility index (Phi) is 2.50. The Bertz CT molecular complexity index is 501. The standard InChI is InChI=1S/C12H9F3O/c1-8(7-12(13,14)15)11-6-9-4-2-3-5-10(9)16-11/h2-7H,1H3/b8-7+. The zero-order valence-electron chi connectivity index (χ0n) is 8.51. The summed E-state index contributed by atoms with van der Waals surface area (Å²) in [4.78, 5) is 0. The summed E-state index contributed by atoms with van der Waals surface area (Å²) in [5, 5.41) is 0.799. The minimum atomic E-state index is -4.32. The van der Waals surface area contributed by atoms with Crippen molar-refractivity contribution in [2.45, 2.75) is 13.1 Å². The largest absolute Gasteiger partial charge is 0.456 e. The van der Waals surface area contributed by atoms with Crippen LogP contribution in [0, 0.1) is 0 Å². The molecule has 0 unspecified atom stereocenters. The lowest BCUT2D eigenvalue weighted by atomic mass is 10.2. The molecule has 0 aliphatic carbocycles. The molecule has 0 aliphatic rings. The molecule has 0 aliphatic heterocycles. The van der Waals surface area contributed by atoms with E-state index in [9.17, 15) is 13.2 Å². The van der Waals surface area contributed by atoms with Gasteiger partial charge in [-0.05, 0) is 24.6 Å². The molecular weight excluding hydrogens is 217 g/mol. The minimum absolute atomic E-state index is 0.0729. The monoisotopic (exact) mass is 226 g/mol. The normalized spacial score (nSPS) is 13.4. The molecule has 2 rings (SSSR count). The smallest absolute Gasteiger partial charge is 0.410 e. The molecule has 4 heteroatoms. The lowest BCUT2D eigenvalue weighted by Gasteiger charge is -2.00. The lowest BCUT2D eigenvalue weighted by Crippen LogP contribution is -2.01. The Balaban J connectivity index is 2.45. The summed E-state index contributed by atoms with van der Waals surface area (Å²) in [7, 11) is 0. The number of para-hydroxylation sites is 1. The van der Waals surface area contributed by atoms with Gasteiger partial charge in [-0.2, -0.15) is 13.2 Å². The number of benzene rings is 1. The van der Waals surface area contributed by atoms with Gasteiger partial charge in [0.2, 0.25) is 0 Å². The van der Waals surface area contributed by atoms with Crippen LogP contribution in [0.25, 0.3) is 16.5 Å². The average Bonchev–Trinajstić information content (AvgIpc) is 2.58. The number of halogens is 3. The molecule has 0 fully saturated rings. The summed E-state index contributed by atoms with van der Waals surface area (Å²) in [5.41, 5.74) is 0.663. The van der Waals surface area contributed by atoms with Crippen molar-refractivity contribution in [3.05, 3.63) is 42.2 Å². The van der Waals surface area contributed by atoms with E-state index in [4.69, 9.17) is 4.42 Å². The first-order valence-electron chi connectivity index (χ1n) is 4.71. The Morgan fingerprint density at radius 1 is 1.25 bits per heavy atom. The van der Waals surface area contributed by atoms with E-state index in [1.165, 1.54) is 6.92 Å². The molecule has 1 nitrogen and oxygen atoms in total. The fourth-order valence-electron chi connectivity index (χ4n) is 1.49. The Morgan fingerprint density at radius 3 is 2.56 bits per heavy atom. The van der Waals surface area contributed by atoms with Crippen LogP contribution in [0.15, 0.2) is 40.8 Å². The van der Waals surface area contributed by atoms with Crippen molar-refractivity contribution in [2.24, 2.45) is 0 Å². The zero-order chi connectivity index (χ0) is 11.8. The van der Waals surface area contributed by atoms with Crippen molar-refractivity contribution < 1.29 is 17.6 Å². The maximum absolute atomic E-state index is 12.1. The third-order valence-electron chi connectivity index (χ3n) is 2.19. The van der Waals surface area contributed by atoms with Crippen LogP contribution in [0.4, 0.5) is 13.2 Å². The number of furan rings is 1. The maximum atomic E-state index is 12.1. The molecule has 0 radical (unpaired) electrons. The SMILES string of the molecule is C/C(=C\C(F)(F)F)c1cc2ccccc2o1. The van der Waals surface area contributed by atoms with Crippen molar-refractivity contribution >= 4 is 16.5 Å². The highest BCUT2D eigenvalue weighted by Gasteiger charge is 2.24. The molecule has 1 aromatic heterocycles. The third-order valence-corrected chi connectivity index (χ3v) is 2.19. The average molecular weight is 226 g/mol. The van der Waals surface area contributed by atoms with Crippen LogP contribution in [0.1, 0.15) is 12.7 Å². The molecular formula is C12H9F3O. The second kappa shape index (κ2) is 3.70. The van der Waals surface area contributed by atoms with Crippen LogP contribution >= 0.6 is 0 Å². The van der Waals surface area contributed by atoms with E-state index in [0.717, 1.165) is 5.39 Å². The van der Waals surface area contributed by atoms with Gasteiger partial charge in [0.15, 0.2) is 0 Å².